The van der Waals surface area contributed by atoms with Crippen molar-refractivity contribution in [2.45, 2.75) is 29.9 Å². The third-order valence-electron chi connectivity index (χ3n) is 2.93. The van der Waals surface area contributed by atoms with Crippen molar-refractivity contribution in [2.75, 3.05) is 11.5 Å². The molecule has 1 N–H and O–H groups in total. The molecule has 16 heavy (non-hydrogen) atoms. The summed E-state index contributed by atoms with van der Waals surface area (Å²) < 4.78 is 1.98. The lowest BCUT2D eigenvalue weighted by Crippen LogP contribution is -2.36. The van der Waals surface area contributed by atoms with E-state index in [-0.39, 0.29) is 6.10 Å². The molecule has 0 saturated carbocycles. The highest BCUT2D eigenvalue weighted by atomic mass is 32.2. The molecule has 2 rings (SSSR count). The molecule has 1 aromatic heterocycles. The first-order valence-corrected chi connectivity index (χ1v) is 7.65. The van der Waals surface area contributed by atoms with Crippen LogP contribution in [0.25, 0.3) is 0 Å². The molecular weight excluding hydrogens is 240 g/mol. The molecule has 0 radical (unpaired) electrons. The van der Waals surface area contributed by atoms with Gasteiger partial charge in [0.1, 0.15) is 5.82 Å². The zero-order chi connectivity index (χ0) is 11.5. The van der Waals surface area contributed by atoms with Crippen LogP contribution in [-0.2, 0) is 13.5 Å². The minimum Gasteiger partial charge on any atom is -0.391 e. The minimum absolute atomic E-state index is 0.283. The maximum Gasteiger partial charge on any atom is 0.110 e. The number of imidazole rings is 1. The number of aryl methyl sites for hydroxylation is 1. The molecule has 1 saturated heterocycles. The molecule has 2 heterocycles. The Balaban J connectivity index is 1.96. The fourth-order valence-electron chi connectivity index (χ4n) is 1.97. The first-order chi connectivity index (χ1) is 7.68. The number of nitrogens with zero attached hydrogens (tertiary/aromatic N) is 2. The molecule has 3 nitrogen and oxygen atoms in total. The predicted molar refractivity (Wildman–Crippen MR) is 71.1 cm³/mol. The SMILES string of the molecule is CC1SCCSC1C(O)Cc1nccn1C. The Bertz CT molecular complexity index is 342. The van der Waals surface area contributed by atoms with E-state index < -0.39 is 0 Å². The number of thioether (sulfide) groups is 2. The second-order valence-electron chi connectivity index (χ2n) is 4.14. The Morgan fingerprint density at radius 2 is 2.31 bits per heavy atom. The lowest BCUT2D eigenvalue weighted by atomic mass is 10.1. The maximum atomic E-state index is 10.3. The average Bonchev–Trinajstić information content (AvgIpc) is 2.65. The lowest BCUT2D eigenvalue weighted by Gasteiger charge is -2.31. The number of hydrogen-bond donors (Lipinski definition) is 1. The highest BCUT2D eigenvalue weighted by Crippen LogP contribution is 2.33. The summed E-state index contributed by atoms with van der Waals surface area (Å²) >= 11 is 3.86. The largest absolute Gasteiger partial charge is 0.391 e. The van der Waals surface area contributed by atoms with Crippen molar-refractivity contribution in [3.63, 3.8) is 0 Å². The molecule has 1 aliphatic heterocycles. The summed E-state index contributed by atoms with van der Waals surface area (Å²) in [5.74, 6) is 3.32. The van der Waals surface area contributed by atoms with Gasteiger partial charge in [0.05, 0.1) is 6.10 Å². The monoisotopic (exact) mass is 258 g/mol. The Morgan fingerprint density at radius 3 is 2.94 bits per heavy atom. The maximum absolute atomic E-state index is 10.3. The molecule has 1 fully saturated rings. The van der Waals surface area contributed by atoms with Gasteiger partial charge in [0.2, 0.25) is 0 Å². The summed E-state index contributed by atoms with van der Waals surface area (Å²) in [6.45, 7) is 2.21. The van der Waals surface area contributed by atoms with Gasteiger partial charge in [-0.1, -0.05) is 6.92 Å². The van der Waals surface area contributed by atoms with Crippen LogP contribution in [0.2, 0.25) is 0 Å². The molecule has 3 atom stereocenters. The molecule has 1 aromatic rings. The van der Waals surface area contributed by atoms with Gasteiger partial charge >= 0.3 is 0 Å². The summed E-state index contributed by atoms with van der Waals surface area (Å²) in [6.07, 6.45) is 4.09. The van der Waals surface area contributed by atoms with Crippen LogP contribution in [0.1, 0.15) is 12.7 Å². The van der Waals surface area contributed by atoms with Crippen molar-refractivity contribution >= 4 is 23.5 Å². The summed E-state index contributed by atoms with van der Waals surface area (Å²) in [4.78, 5) is 4.26. The van der Waals surface area contributed by atoms with Gasteiger partial charge < -0.3 is 9.67 Å². The van der Waals surface area contributed by atoms with E-state index in [4.69, 9.17) is 0 Å². The van der Waals surface area contributed by atoms with Crippen molar-refractivity contribution in [1.29, 1.82) is 0 Å². The standard InChI is InChI=1S/C11H18N2OS2/c1-8-11(16-6-5-15-8)9(14)7-10-12-3-4-13(10)2/h3-4,8-9,11,14H,5-7H2,1-2H3. The van der Waals surface area contributed by atoms with Crippen LogP contribution in [0.5, 0.6) is 0 Å². The molecule has 0 bridgehead atoms. The fourth-order valence-corrected chi connectivity index (χ4v) is 4.81. The second kappa shape index (κ2) is 5.47. The Kier molecular flexibility index (Phi) is 4.21. The van der Waals surface area contributed by atoms with Gasteiger partial charge in [0.15, 0.2) is 0 Å². The summed E-state index contributed by atoms with van der Waals surface area (Å²) in [7, 11) is 1.97. The number of hydrogen-bond acceptors (Lipinski definition) is 4. The third kappa shape index (κ3) is 2.76. The number of aliphatic hydroxyl groups excluding tert-OH is 1. The van der Waals surface area contributed by atoms with Gasteiger partial charge in [-0.15, -0.1) is 0 Å². The van der Waals surface area contributed by atoms with Gasteiger partial charge in [-0.2, -0.15) is 23.5 Å². The molecule has 5 heteroatoms. The normalized spacial score (nSPS) is 27.9. The van der Waals surface area contributed by atoms with Crippen molar-refractivity contribution in [3.8, 4) is 0 Å². The fraction of sp³-hybridized carbons (Fsp3) is 0.727. The zero-order valence-corrected chi connectivity index (χ0v) is 11.3. The number of rotatable bonds is 3. The van der Waals surface area contributed by atoms with Gasteiger partial charge in [0, 0.05) is 47.9 Å². The van der Waals surface area contributed by atoms with E-state index in [0.29, 0.717) is 16.9 Å². The summed E-state index contributed by atoms with van der Waals surface area (Å²) in [6, 6.07) is 0. The van der Waals surface area contributed by atoms with E-state index in [2.05, 4.69) is 11.9 Å². The van der Waals surface area contributed by atoms with Gasteiger partial charge in [-0.05, 0) is 0 Å². The van der Waals surface area contributed by atoms with E-state index in [1.54, 1.807) is 6.20 Å². The van der Waals surface area contributed by atoms with Crippen LogP contribution in [0.15, 0.2) is 12.4 Å². The number of aromatic nitrogens is 2. The van der Waals surface area contributed by atoms with Crippen LogP contribution >= 0.6 is 23.5 Å². The van der Waals surface area contributed by atoms with Crippen LogP contribution < -0.4 is 0 Å². The highest BCUT2D eigenvalue weighted by Gasteiger charge is 2.29. The molecule has 0 spiro atoms. The second-order valence-corrected chi connectivity index (χ2v) is 6.91. The first-order valence-electron chi connectivity index (χ1n) is 5.56. The van der Waals surface area contributed by atoms with Crippen molar-refractivity contribution in [2.24, 2.45) is 7.05 Å². The third-order valence-corrected chi connectivity index (χ3v) is 6.17. The van der Waals surface area contributed by atoms with Gasteiger partial charge in [-0.25, -0.2) is 4.98 Å². The van der Waals surface area contributed by atoms with Gasteiger partial charge in [0.25, 0.3) is 0 Å². The average molecular weight is 258 g/mol. The van der Waals surface area contributed by atoms with E-state index in [1.165, 1.54) is 5.75 Å². The van der Waals surface area contributed by atoms with E-state index in [0.717, 1.165) is 11.6 Å². The quantitative estimate of drug-likeness (QED) is 0.893. The molecule has 0 amide bonds. The molecule has 90 valence electrons. The topological polar surface area (TPSA) is 38.1 Å². The summed E-state index contributed by atoms with van der Waals surface area (Å²) in [5.41, 5.74) is 0. The smallest absolute Gasteiger partial charge is 0.110 e. The van der Waals surface area contributed by atoms with Gasteiger partial charge in [-0.3, -0.25) is 0 Å². The highest BCUT2D eigenvalue weighted by molar-refractivity contribution is 8.07. The van der Waals surface area contributed by atoms with Crippen molar-refractivity contribution < 1.29 is 5.11 Å². The lowest BCUT2D eigenvalue weighted by molar-refractivity contribution is 0.168. The van der Waals surface area contributed by atoms with E-state index in [9.17, 15) is 5.11 Å². The minimum atomic E-state index is -0.283. The van der Waals surface area contributed by atoms with Crippen LogP contribution in [-0.4, -0.2) is 42.8 Å². The molecule has 1 aliphatic rings. The van der Waals surface area contributed by atoms with Crippen molar-refractivity contribution in [3.05, 3.63) is 18.2 Å². The number of aliphatic hydroxyl groups is 1. The Labute approximate surface area is 105 Å². The predicted octanol–water partition coefficient (Wildman–Crippen LogP) is 1.56. The zero-order valence-electron chi connectivity index (χ0n) is 9.67. The van der Waals surface area contributed by atoms with E-state index >= 15 is 0 Å². The van der Waals surface area contributed by atoms with Crippen molar-refractivity contribution in [1.82, 2.24) is 9.55 Å². The van der Waals surface area contributed by atoms with Crippen LogP contribution in [0.4, 0.5) is 0 Å². The molecular formula is C11H18N2OS2. The summed E-state index contributed by atoms with van der Waals surface area (Å²) in [5, 5.41) is 11.1. The Hall–Kier alpha value is -0.130. The molecule has 3 unspecified atom stereocenters. The van der Waals surface area contributed by atoms with Crippen LogP contribution in [0.3, 0.4) is 0 Å². The van der Waals surface area contributed by atoms with E-state index in [1.807, 2.05) is 41.3 Å². The van der Waals surface area contributed by atoms with Crippen LogP contribution in [0, 0.1) is 0 Å². The molecule has 0 aliphatic carbocycles. The Morgan fingerprint density at radius 1 is 1.56 bits per heavy atom. The first kappa shape index (κ1) is 12.3. The molecule has 0 aromatic carbocycles.